The summed E-state index contributed by atoms with van der Waals surface area (Å²) in [6, 6.07) is 28.3. The molecular weight excluding hydrogens is 397 g/mol. The summed E-state index contributed by atoms with van der Waals surface area (Å²) in [7, 11) is 0. The van der Waals surface area contributed by atoms with Gasteiger partial charge in [-0.25, -0.2) is 4.39 Å². The summed E-state index contributed by atoms with van der Waals surface area (Å²) in [5.41, 5.74) is 5.87. The monoisotopic (exact) mass is 425 g/mol. The van der Waals surface area contributed by atoms with Crippen molar-refractivity contribution in [2.45, 2.75) is 32.0 Å². The highest BCUT2D eigenvalue weighted by molar-refractivity contribution is 5.99. The smallest absolute Gasteiger partial charge is 0.123 e. The standard InChI is InChI=1S/C29H28FNO/c30-26-13-11-23(12-14-26)28-18-22(20-32-27-10-5-15-31-19-27)17-25-9-4-8-24(29(25)28)16-21-6-2-1-3-7-21/h1-4,6-9,11-14,17-18,27,31H,5,10,15-16,19-20H2. The van der Waals surface area contributed by atoms with E-state index in [0.29, 0.717) is 6.61 Å². The van der Waals surface area contributed by atoms with Crippen LogP contribution in [0.25, 0.3) is 21.9 Å². The van der Waals surface area contributed by atoms with Crippen LogP contribution in [-0.2, 0) is 17.8 Å². The topological polar surface area (TPSA) is 21.3 Å². The molecule has 4 aromatic carbocycles. The van der Waals surface area contributed by atoms with Crippen LogP contribution in [0.3, 0.4) is 0 Å². The number of nitrogens with one attached hydrogen (secondary N) is 1. The van der Waals surface area contributed by atoms with E-state index < -0.39 is 0 Å². The Hall–Kier alpha value is -3.01. The van der Waals surface area contributed by atoms with Crippen LogP contribution in [-0.4, -0.2) is 19.2 Å². The molecule has 1 unspecified atom stereocenters. The largest absolute Gasteiger partial charge is 0.372 e. The molecule has 1 N–H and O–H groups in total. The Morgan fingerprint density at radius 3 is 2.50 bits per heavy atom. The number of benzene rings is 4. The maximum Gasteiger partial charge on any atom is 0.123 e. The van der Waals surface area contributed by atoms with Gasteiger partial charge in [0.25, 0.3) is 0 Å². The third-order valence-electron chi connectivity index (χ3n) is 6.25. The molecule has 2 nitrogen and oxygen atoms in total. The Morgan fingerprint density at radius 1 is 0.875 bits per heavy atom. The number of rotatable bonds is 6. The maximum atomic E-state index is 13.7. The van der Waals surface area contributed by atoms with Crippen molar-refractivity contribution in [3.05, 3.63) is 107 Å². The van der Waals surface area contributed by atoms with Crippen molar-refractivity contribution in [1.82, 2.24) is 5.32 Å². The molecule has 0 aromatic heterocycles. The molecule has 1 aliphatic heterocycles. The lowest BCUT2D eigenvalue weighted by atomic mass is 9.90. The SMILES string of the molecule is Fc1ccc(-c2cc(COC3CCCNC3)cc3cccc(Cc4ccccc4)c23)cc1. The molecule has 1 fully saturated rings. The second-order valence-electron chi connectivity index (χ2n) is 8.61. The van der Waals surface area contributed by atoms with Crippen LogP contribution in [0.4, 0.5) is 4.39 Å². The number of piperidine rings is 1. The molecule has 1 atom stereocenters. The van der Waals surface area contributed by atoms with Gasteiger partial charge in [-0.2, -0.15) is 0 Å². The lowest BCUT2D eigenvalue weighted by Gasteiger charge is -2.23. The number of hydrogen-bond acceptors (Lipinski definition) is 2. The van der Waals surface area contributed by atoms with Gasteiger partial charge in [-0.15, -0.1) is 0 Å². The van der Waals surface area contributed by atoms with Crippen molar-refractivity contribution < 1.29 is 9.13 Å². The molecule has 1 aliphatic rings. The first kappa shape index (κ1) is 20.9. The van der Waals surface area contributed by atoms with Crippen LogP contribution in [0.15, 0.2) is 84.9 Å². The van der Waals surface area contributed by atoms with Crippen LogP contribution < -0.4 is 5.32 Å². The van der Waals surface area contributed by atoms with E-state index in [1.54, 1.807) is 0 Å². The third-order valence-corrected chi connectivity index (χ3v) is 6.25. The Kier molecular flexibility index (Phi) is 6.29. The highest BCUT2D eigenvalue weighted by Crippen LogP contribution is 2.34. The van der Waals surface area contributed by atoms with Gasteiger partial charge in [0.1, 0.15) is 5.82 Å². The first-order chi connectivity index (χ1) is 15.8. The quantitative estimate of drug-likeness (QED) is 0.380. The minimum absolute atomic E-state index is 0.216. The normalized spacial score (nSPS) is 16.3. The van der Waals surface area contributed by atoms with E-state index in [9.17, 15) is 4.39 Å². The predicted molar refractivity (Wildman–Crippen MR) is 129 cm³/mol. The summed E-state index contributed by atoms with van der Waals surface area (Å²) in [6.07, 6.45) is 3.38. The third kappa shape index (κ3) is 4.74. The second kappa shape index (κ2) is 9.64. The van der Waals surface area contributed by atoms with Crippen molar-refractivity contribution in [3.8, 4) is 11.1 Å². The first-order valence-corrected chi connectivity index (χ1v) is 11.4. The number of ether oxygens (including phenoxy) is 1. The maximum absolute atomic E-state index is 13.7. The van der Waals surface area contributed by atoms with Crippen LogP contribution in [0, 0.1) is 5.82 Å². The van der Waals surface area contributed by atoms with Gasteiger partial charge < -0.3 is 10.1 Å². The number of hydrogen-bond donors (Lipinski definition) is 1. The minimum Gasteiger partial charge on any atom is -0.372 e. The molecule has 0 radical (unpaired) electrons. The molecule has 5 rings (SSSR count). The Labute approximate surface area is 189 Å². The zero-order valence-corrected chi connectivity index (χ0v) is 18.2. The Morgan fingerprint density at radius 2 is 1.72 bits per heavy atom. The van der Waals surface area contributed by atoms with E-state index in [-0.39, 0.29) is 11.9 Å². The first-order valence-electron chi connectivity index (χ1n) is 11.4. The fraction of sp³-hybridized carbons (Fsp3) is 0.241. The zero-order valence-electron chi connectivity index (χ0n) is 18.2. The lowest BCUT2D eigenvalue weighted by molar-refractivity contribution is 0.0253. The van der Waals surface area contributed by atoms with E-state index in [4.69, 9.17) is 4.74 Å². The summed E-state index contributed by atoms with van der Waals surface area (Å²) < 4.78 is 19.9. The molecule has 3 heteroatoms. The molecule has 162 valence electrons. The molecule has 0 saturated carbocycles. The molecule has 0 spiro atoms. The van der Waals surface area contributed by atoms with Gasteiger partial charge in [0.15, 0.2) is 0 Å². The average molecular weight is 426 g/mol. The van der Waals surface area contributed by atoms with Gasteiger partial charge >= 0.3 is 0 Å². The molecule has 0 aliphatic carbocycles. The minimum atomic E-state index is -0.216. The molecule has 4 aromatic rings. The summed E-state index contributed by atoms with van der Waals surface area (Å²) in [5.74, 6) is -0.216. The molecule has 1 heterocycles. The van der Waals surface area contributed by atoms with Crippen LogP contribution in [0.2, 0.25) is 0 Å². The summed E-state index contributed by atoms with van der Waals surface area (Å²) in [5, 5.41) is 5.84. The van der Waals surface area contributed by atoms with Crippen molar-refractivity contribution in [3.63, 3.8) is 0 Å². The molecule has 1 saturated heterocycles. The van der Waals surface area contributed by atoms with Crippen molar-refractivity contribution in [2.24, 2.45) is 0 Å². The van der Waals surface area contributed by atoms with E-state index >= 15 is 0 Å². The van der Waals surface area contributed by atoms with E-state index in [0.717, 1.165) is 49.0 Å². The van der Waals surface area contributed by atoms with Crippen molar-refractivity contribution in [2.75, 3.05) is 13.1 Å². The van der Waals surface area contributed by atoms with Gasteiger partial charge in [0, 0.05) is 6.54 Å². The Balaban J connectivity index is 1.56. The number of halogens is 1. The second-order valence-corrected chi connectivity index (χ2v) is 8.61. The van der Waals surface area contributed by atoms with Gasteiger partial charge in [-0.3, -0.25) is 0 Å². The fourth-order valence-electron chi connectivity index (χ4n) is 4.65. The zero-order chi connectivity index (χ0) is 21.8. The van der Waals surface area contributed by atoms with Gasteiger partial charge in [-0.05, 0) is 88.7 Å². The molecule has 0 bridgehead atoms. The van der Waals surface area contributed by atoms with E-state index in [1.807, 2.05) is 18.2 Å². The lowest BCUT2D eigenvalue weighted by Crippen LogP contribution is -2.35. The predicted octanol–water partition coefficient (Wildman–Crippen LogP) is 6.51. The summed E-state index contributed by atoms with van der Waals surface area (Å²) >= 11 is 0. The molecule has 32 heavy (non-hydrogen) atoms. The highest BCUT2D eigenvalue weighted by Gasteiger charge is 2.15. The van der Waals surface area contributed by atoms with Crippen LogP contribution in [0.1, 0.15) is 29.5 Å². The van der Waals surface area contributed by atoms with Gasteiger partial charge in [-0.1, -0.05) is 60.7 Å². The van der Waals surface area contributed by atoms with E-state index in [1.165, 1.54) is 34.0 Å². The van der Waals surface area contributed by atoms with Gasteiger partial charge in [0.05, 0.1) is 12.7 Å². The van der Waals surface area contributed by atoms with Crippen molar-refractivity contribution in [1.29, 1.82) is 0 Å². The van der Waals surface area contributed by atoms with Crippen LogP contribution in [0.5, 0.6) is 0 Å². The van der Waals surface area contributed by atoms with Crippen LogP contribution >= 0.6 is 0 Å². The average Bonchev–Trinajstić information content (AvgIpc) is 2.84. The van der Waals surface area contributed by atoms with E-state index in [2.05, 4.69) is 59.9 Å². The van der Waals surface area contributed by atoms with Crippen molar-refractivity contribution >= 4 is 10.8 Å². The number of fused-ring (bicyclic) bond motifs is 1. The highest BCUT2D eigenvalue weighted by atomic mass is 19.1. The molecular formula is C29H28FNO. The van der Waals surface area contributed by atoms with Gasteiger partial charge in [0.2, 0.25) is 0 Å². The Bertz CT molecular complexity index is 1180. The fourth-order valence-corrected chi connectivity index (χ4v) is 4.65. The summed E-state index contributed by atoms with van der Waals surface area (Å²) in [6.45, 7) is 2.58. The molecule has 0 amide bonds. The summed E-state index contributed by atoms with van der Waals surface area (Å²) in [4.78, 5) is 0.